The first-order valence-corrected chi connectivity index (χ1v) is 5.40. The Kier molecular flexibility index (Phi) is 3.54. The third-order valence-corrected chi connectivity index (χ3v) is 2.70. The second-order valence-electron chi connectivity index (χ2n) is 3.93. The van der Waals surface area contributed by atoms with E-state index in [0.717, 1.165) is 25.1 Å². The van der Waals surface area contributed by atoms with Crippen LogP contribution in [-0.2, 0) is 11.3 Å². The highest BCUT2D eigenvalue weighted by atomic mass is 16.5. The van der Waals surface area contributed by atoms with Crippen LogP contribution in [0.25, 0.3) is 0 Å². The zero-order chi connectivity index (χ0) is 11.4. The first-order valence-electron chi connectivity index (χ1n) is 5.40. The van der Waals surface area contributed by atoms with Crippen LogP contribution in [-0.4, -0.2) is 30.3 Å². The molecule has 1 saturated heterocycles. The van der Waals surface area contributed by atoms with Gasteiger partial charge in [0, 0.05) is 6.54 Å². The molecule has 1 unspecified atom stereocenters. The van der Waals surface area contributed by atoms with Crippen LogP contribution in [0, 0.1) is 0 Å². The first kappa shape index (κ1) is 11.1. The molecular formula is C12H15NO3. The molecular weight excluding hydrogens is 206 g/mol. The van der Waals surface area contributed by atoms with Crippen molar-refractivity contribution < 1.29 is 14.6 Å². The lowest BCUT2D eigenvalue weighted by molar-refractivity contribution is 0.0541. The predicted molar refractivity (Wildman–Crippen MR) is 59.5 cm³/mol. The molecule has 1 heterocycles. The number of benzene rings is 1. The summed E-state index contributed by atoms with van der Waals surface area (Å²) >= 11 is 0. The van der Waals surface area contributed by atoms with Gasteiger partial charge in [0.15, 0.2) is 0 Å². The van der Waals surface area contributed by atoms with Crippen molar-refractivity contribution in [3.05, 3.63) is 35.4 Å². The maximum atomic E-state index is 10.6. The van der Waals surface area contributed by atoms with E-state index in [-0.39, 0.29) is 0 Å². The minimum Gasteiger partial charge on any atom is -0.478 e. The molecule has 0 amide bonds. The molecule has 1 atom stereocenters. The second kappa shape index (κ2) is 5.09. The number of carbonyl (C=O) groups is 1. The van der Waals surface area contributed by atoms with Gasteiger partial charge < -0.3 is 15.2 Å². The van der Waals surface area contributed by atoms with Gasteiger partial charge in [0.05, 0.1) is 18.3 Å². The first-order chi connectivity index (χ1) is 7.75. The van der Waals surface area contributed by atoms with Crippen molar-refractivity contribution in [1.29, 1.82) is 0 Å². The van der Waals surface area contributed by atoms with Crippen molar-refractivity contribution in [3.63, 3.8) is 0 Å². The summed E-state index contributed by atoms with van der Waals surface area (Å²) in [5.74, 6) is -0.896. The van der Waals surface area contributed by atoms with Gasteiger partial charge in [-0.15, -0.1) is 0 Å². The molecule has 4 nitrogen and oxygen atoms in total. The summed E-state index contributed by atoms with van der Waals surface area (Å²) in [7, 11) is 0. The van der Waals surface area contributed by atoms with Crippen LogP contribution in [0.15, 0.2) is 24.3 Å². The zero-order valence-corrected chi connectivity index (χ0v) is 8.98. The Balaban J connectivity index is 1.87. The molecule has 0 aromatic heterocycles. The zero-order valence-electron chi connectivity index (χ0n) is 8.98. The Hall–Kier alpha value is -1.39. The SMILES string of the molecule is O=C(O)c1ccc(COC2CCNC2)cc1. The number of hydrogen-bond acceptors (Lipinski definition) is 3. The summed E-state index contributed by atoms with van der Waals surface area (Å²) in [6, 6.07) is 6.81. The summed E-state index contributed by atoms with van der Waals surface area (Å²) in [5.41, 5.74) is 1.32. The van der Waals surface area contributed by atoms with Gasteiger partial charge in [0.2, 0.25) is 0 Å². The molecule has 1 fully saturated rings. The standard InChI is InChI=1S/C12H15NO3/c14-12(15)10-3-1-9(2-4-10)8-16-11-5-6-13-7-11/h1-4,11,13H,5-8H2,(H,14,15). The molecule has 86 valence electrons. The van der Waals surface area contributed by atoms with Crippen LogP contribution in [0.4, 0.5) is 0 Å². The van der Waals surface area contributed by atoms with Gasteiger partial charge in [-0.05, 0) is 30.7 Å². The van der Waals surface area contributed by atoms with E-state index in [2.05, 4.69) is 5.32 Å². The van der Waals surface area contributed by atoms with Gasteiger partial charge in [-0.25, -0.2) is 4.79 Å². The number of carboxylic acid groups (broad SMARTS) is 1. The number of rotatable bonds is 4. The lowest BCUT2D eigenvalue weighted by atomic mass is 10.1. The molecule has 1 aliphatic rings. The summed E-state index contributed by atoms with van der Waals surface area (Å²) in [5, 5.41) is 12.0. The van der Waals surface area contributed by atoms with E-state index in [0.29, 0.717) is 18.3 Å². The smallest absolute Gasteiger partial charge is 0.335 e. The van der Waals surface area contributed by atoms with Crippen molar-refractivity contribution in [3.8, 4) is 0 Å². The van der Waals surface area contributed by atoms with Crippen molar-refractivity contribution in [2.45, 2.75) is 19.1 Å². The van der Waals surface area contributed by atoms with Crippen molar-refractivity contribution in [1.82, 2.24) is 5.32 Å². The monoisotopic (exact) mass is 221 g/mol. The molecule has 1 aromatic rings. The fourth-order valence-corrected chi connectivity index (χ4v) is 1.73. The van der Waals surface area contributed by atoms with Gasteiger partial charge in [0.25, 0.3) is 0 Å². The molecule has 4 heteroatoms. The molecule has 2 N–H and O–H groups in total. The van der Waals surface area contributed by atoms with E-state index in [4.69, 9.17) is 9.84 Å². The number of nitrogens with one attached hydrogen (secondary N) is 1. The molecule has 1 aliphatic heterocycles. The van der Waals surface area contributed by atoms with Gasteiger partial charge in [0.1, 0.15) is 0 Å². The lowest BCUT2D eigenvalue weighted by Crippen LogP contribution is -2.16. The normalized spacial score (nSPS) is 19.9. The highest BCUT2D eigenvalue weighted by molar-refractivity contribution is 5.87. The maximum absolute atomic E-state index is 10.6. The summed E-state index contributed by atoms with van der Waals surface area (Å²) in [4.78, 5) is 10.6. The van der Waals surface area contributed by atoms with Gasteiger partial charge in [-0.3, -0.25) is 0 Å². The average Bonchev–Trinajstić information content (AvgIpc) is 2.80. The van der Waals surface area contributed by atoms with E-state index in [9.17, 15) is 4.79 Å². The van der Waals surface area contributed by atoms with Gasteiger partial charge in [-0.2, -0.15) is 0 Å². The average molecular weight is 221 g/mol. The predicted octanol–water partition coefficient (Wildman–Crippen LogP) is 1.26. The fourth-order valence-electron chi connectivity index (χ4n) is 1.73. The van der Waals surface area contributed by atoms with Crippen molar-refractivity contribution in [2.24, 2.45) is 0 Å². The van der Waals surface area contributed by atoms with E-state index in [1.54, 1.807) is 24.3 Å². The summed E-state index contributed by atoms with van der Waals surface area (Å²) < 4.78 is 5.68. The van der Waals surface area contributed by atoms with Crippen LogP contribution >= 0.6 is 0 Å². The molecule has 0 aliphatic carbocycles. The van der Waals surface area contributed by atoms with E-state index < -0.39 is 5.97 Å². The van der Waals surface area contributed by atoms with Crippen LogP contribution < -0.4 is 5.32 Å². The summed E-state index contributed by atoms with van der Waals surface area (Å²) in [6.45, 7) is 2.47. The van der Waals surface area contributed by atoms with E-state index in [1.807, 2.05) is 0 Å². The third-order valence-electron chi connectivity index (χ3n) is 2.70. The van der Waals surface area contributed by atoms with Crippen LogP contribution in [0.1, 0.15) is 22.3 Å². The third kappa shape index (κ3) is 2.81. The quantitative estimate of drug-likeness (QED) is 0.803. The maximum Gasteiger partial charge on any atom is 0.335 e. The van der Waals surface area contributed by atoms with Crippen LogP contribution in [0.3, 0.4) is 0 Å². The molecule has 2 rings (SSSR count). The summed E-state index contributed by atoms with van der Waals surface area (Å²) in [6.07, 6.45) is 1.34. The lowest BCUT2D eigenvalue weighted by Gasteiger charge is -2.10. The largest absolute Gasteiger partial charge is 0.478 e. The van der Waals surface area contributed by atoms with Crippen LogP contribution in [0.5, 0.6) is 0 Å². The molecule has 1 aromatic carbocycles. The van der Waals surface area contributed by atoms with Crippen molar-refractivity contribution in [2.75, 3.05) is 13.1 Å². The van der Waals surface area contributed by atoms with Gasteiger partial charge >= 0.3 is 5.97 Å². The Morgan fingerprint density at radius 2 is 2.19 bits per heavy atom. The molecule has 0 bridgehead atoms. The molecule has 0 radical (unpaired) electrons. The topological polar surface area (TPSA) is 58.6 Å². The molecule has 0 saturated carbocycles. The minimum atomic E-state index is -0.896. The Morgan fingerprint density at radius 1 is 1.44 bits per heavy atom. The highest BCUT2D eigenvalue weighted by Gasteiger charge is 2.14. The minimum absolute atomic E-state index is 0.291. The van der Waals surface area contributed by atoms with E-state index in [1.165, 1.54) is 0 Å². The highest BCUT2D eigenvalue weighted by Crippen LogP contribution is 2.10. The molecule has 16 heavy (non-hydrogen) atoms. The number of aromatic carboxylic acids is 1. The van der Waals surface area contributed by atoms with Crippen LogP contribution in [0.2, 0.25) is 0 Å². The fraction of sp³-hybridized carbons (Fsp3) is 0.417. The number of ether oxygens (including phenoxy) is 1. The van der Waals surface area contributed by atoms with Crippen molar-refractivity contribution >= 4 is 5.97 Å². The number of hydrogen-bond donors (Lipinski definition) is 2. The van der Waals surface area contributed by atoms with E-state index >= 15 is 0 Å². The molecule has 0 spiro atoms. The Morgan fingerprint density at radius 3 is 2.75 bits per heavy atom. The Labute approximate surface area is 94.2 Å². The number of carboxylic acids is 1. The second-order valence-corrected chi connectivity index (χ2v) is 3.93. The van der Waals surface area contributed by atoms with Gasteiger partial charge in [-0.1, -0.05) is 12.1 Å². The Bertz CT molecular complexity index is 355.